The first-order valence-electron chi connectivity index (χ1n) is 5.37. The molecule has 1 fully saturated rings. The van der Waals surface area contributed by atoms with Crippen LogP contribution in [-0.2, 0) is 9.47 Å². The van der Waals surface area contributed by atoms with E-state index in [1.807, 2.05) is 6.08 Å². The lowest BCUT2D eigenvalue weighted by molar-refractivity contribution is -0.262. The number of hydrogen-bond acceptors (Lipinski definition) is 2. The summed E-state index contributed by atoms with van der Waals surface area (Å²) >= 11 is 0. The molecule has 0 aromatic carbocycles. The Bertz CT molecular complexity index is 190. The molecule has 1 aliphatic heterocycles. The van der Waals surface area contributed by atoms with Crippen molar-refractivity contribution in [2.75, 3.05) is 13.2 Å². The van der Waals surface area contributed by atoms with E-state index in [-0.39, 0.29) is 0 Å². The van der Waals surface area contributed by atoms with Gasteiger partial charge in [-0.2, -0.15) is 0 Å². The van der Waals surface area contributed by atoms with Crippen LogP contribution in [0.5, 0.6) is 0 Å². The lowest BCUT2D eigenvalue weighted by atomic mass is 10.1. The molecule has 0 amide bonds. The molecular formula is C12H20O2. The molecule has 2 heteroatoms. The summed E-state index contributed by atoms with van der Waals surface area (Å²) in [6, 6.07) is 0. The predicted octanol–water partition coefficient (Wildman–Crippen LogP) is 3.05. The molecule has 0 atom stereocenters. The van der Waals surface area contributed by atoms with Crippen LogP contribution in [-0.4, -0.2) is 19.0 Å². The van der Waals surface area contributed by atoms with Crippen LogP contribution >= 0.6 is 0 Å². The van der Waals surface area contributed by atoms with Gasteiger partial charge in [0.05, 0.1) is 13.2 Å². The van der Waals surface area contributed by atoms with Crippen molar-refractivity contribution in [2.24, 2.45) is 0 Å². The van der Waals surface area contributed by atoms with Crippen molar-refractivity contribution in [3.63, 3.8) is 0 Å². The van der Waals surface area contributed by atoms with Crippen LogP contribution < -0.4 is 0 Å². The first-order valence-corrected chi connectivity index (χ1v) is 5.37. The van der Waals surface area contributed by atoms with E-state index < -0.39 is 5.79 Å². The average Bonchev–Trinajstić information content (AvgIpc) is 2.20. The second kappa shape index (κ2) is 5.99. The van der Waals surface area contributed by atoms with Gasteiger partial charge in [0, 0.05) is 12.8 Å². The van der Waals surface area contributed by atoms with E-state index in [9.17, 15) is 0 Å². The molecule has 0 aliphatic carbocycles. The van der Waals surface area contributed by atoms with Gasteiger partial charge in [0.2, 0.25) is 0 Å². The third-order valence-corrected chi connectivity index (χ3v) is 2.31. The number of ether oxygens (including phenoxy) is 2. The Balaban J connectivity index is 2.50. The molecule has 1 aliphatic rings. The fraction of sp³-hybridized carbons (Fsp3) is 0.667. The van der Waals surface area contributed by atoms with E-state index in [0.717, 1.165) is 38.9 Å². The van der Waals surface area contributed by atoms with Gasteiger partial charge in [-0.3, -0.25) is 0 Å². The van der Waals surface area contributed by atoms with Gasteiger partial charge in [-0.15, -0.1) is 6.58 Å². The topological polar surface area (TPSA) is 18.5 Å². The molecule has 0 N–H and O–H groups in total. The predicted molar refractivity (Wildman–Crippen MR) is 58.1 cm³/mol. The fourth-order valence-corrected chi connectivity index (χ4v) is 1.59. The summed E-state index contributed by atoms with van der Waals surface area (Å²) in [7, 11) is 0. The zero-order valence-electron chi connectivity index (χ0n) is 9.00. The number of hydrogen-bond donors (Lipinski definition) is 0. The highest BCUT2D eigenvalue weighted by atomic mass is 16.7. The minimum absolute atomic E-state index is 0.425. The maximum Gasteiger partial charge on any atom is 0.175 e. The molecule has 0 saturated carbocycles. The Morgan fingerprint density at radius 2 is 1.93 bits per heavy atom. The van der Waals surface area contributed by atoms with Gasteiger partial charge in [0.25, 0.3) is 0 Å². The Hall–Kier alpha value is -0.600. The lowest BCUT2D eigenvalue weighted by Crippen LogP contribution is -2.39. The molecule has 1 heterocycles. The summed E-state index contributed by atoms with van der Waals surface area (Å²) in [6.07, 6.45) is 9.79. The molecule has 2 nitrogen and oxygen atoms in total. The molecule has 1 saturated heterocycles. The standard InChI is InChI=1S/C12H20O2/c1-3-5-6-9-12(8-4-2)13-10-7-11-14-12/h4-6H,2-3,7-11H2,1H3. The summed E-state index contributed by atoms with van der Waals surface area (Å²) in [5.74, 6) is -0.425. The van der Waals surface area contributed by atoms with Crippen LogP contribution in [0.4, 0.5) is 0 Å². The van der Waals surface area contributed by atoms with Crippen LogP contribution in [0.1, 0.15) is 32.6 Å². The highest BCUT2D eigenvalue weighted by Crippen LogP contribution is 2.27. The molecule has 1 rings (SSSR count). The van der Waals surface area contributed by atoms with Gasteiger partial charge in [0.1, 0.15) is 0 Å². The van der Waals surface area contributed by atoms with E-state index in [0.29, 0.717) is 0 Å². The first-order chi connectivity index (χ1) is 6.83. The monoisotopic (exact) mass is 196 g/mol. The normalized spacial score (nSPS) is 21.2. The van der Waals surface area contributed by atoms with E-state index in [4.69, 9.17) is 9.47 Å². The fourth-order valence-electron chi connectivity index (χ4n) is 1.59. The minimum atomic E-state index is -0.425. The zero-order valence-corrected chi connectivity index (χ0v) is 9.00. The van der Waals surface area contributed by atoms with E-state index in [2.05, 4.69) is 25.7 Å². The zero-order chi connectivity index (χ0) is 10.3. The van der Waals surface area contributed by atoms with Gasteiger partial charge < -0.3 is 9.47 Å². The highest BCUT2D eigenvalue weighted by Gasteiger charge is 2.31. The molecule has 0 bridgehead atoms. The quantitative estimate of drug-likeness (QED) is 0.629. The SMILES string of the molecule is C=CCC1(CC=CCC)OCCCO1. The van der Waals surface area contributed by atoms with Crippen molar-refractivity contribution in [1.82, 2.24) is 0 Å². The smallest absolute Gasteiger partial charge is 0.175 e. The van der Waals surface area contributed by atoms with Crippen LogP contribution in [0.25, 0.3) is 0 Å². The Morgan fingerprint density at radius 1 is 1.21 bits per heavy atom. The van der Waals surface area contributed by atoms with Crippen molar-refractivity contribution >= 4 is 0 Å². The van der Waals surface area contributed by atoms with Crippen LogP contribution in [0.2, 0.25) is 0 Å². The van der Waals surface area contributed by atoms with Crippen LogP contribution in [0.15, 0.2) is 24.8 Å². The van der Waals surface area contributed by atoms with Gasteiger partial charge in [0.15, 0.2) is 5.79 Å². The first kappa shape index (κ1) is 11.5. The molecule has 80 valence electrons. The van der Waals surface area contributed by atoms with E-state index >= 15 is 0 Å². The maximum atomic E-state index is 5.71. The van der Waals surface area contributed by atoms with Gasteiger partial charge in [-0.25, -0.2) is 0 Å². The van der Waals surface area contributed by atoms with Crippen molar-refractivity contribution in [1.29, 1.82) is 0 Å². The third-order valence-electron chi connectivity index (χ3n) is 2.31. The molecule has 0 aromatic rings. The maximum absolute atomic E-state index is 5.71. The molecule has 0 radical (unpaired) electrons. The second-order valence-electron chi connectivity index (χ2n) is 3.54. The Morgan fingerprint density at radius 3 is 2.50 bits per heavy atom. The Kier molecular flexibility index (Phi) is 4.91. The van der Waals surface area contributed by atoms with E-state index in [1.165, 1.54) is 0 Å². The molecule has 14 heavy (non-hydrogen) atoms. The molecule has 0 unspecified atom stereocenters. The summed E-state index contributed by atoms with van der Waals surface area (Å²) in [5, 5.41) is 0. The largest absolute Gasteiger partial charge is 0.349 e. The van der Waals surface area contributed by atoms with Gasteiger partial charge >= 0.3 is 0 Å². The Labute approximate surface area is 86.6 Å². The average molecular weight is 196 g/mol. The molecular weight excluding hydrogens is 176 g/mol. The van der Waals surface area contributed by atoms with Gasteiger partial charge in [-0.1, -0.05) is 25.2 Å². The second-order valence-corrected chi connectivity index (χ2v) is 3.54. The van der Waals surface area contributed by atoms with Crippen LogP contribution in [0.3, 0.4) is 0 Å². The van der Waals surface area contributed by atoms with Gasteiger partial charge in [-0.05, 0) is 12.8 Å². The number of allylic oxidation sites excluding steroid dienone is 1. The summed E-state index contributed by atoms with van der Waals surface area (Å²) < 4.78 is 11.4. The minimum Gasteiger partial charge on any atom is -0.349 e. The van der Waals surface area contributed by atoms with Crippen LogP contribution in [0, 0.1) is 0 Å². The van der Waals surface area contributed by atoms with E-state index in [1.54, 1.807) is 0 Å². The lowest BCUT2D eigenvalue weighted by Gasteiger charge is -2.35. The highest BCUT2D eigenvalue weighted by molar-refractivity contribution is 4.92. The van der Waals surface area contributed by atoms with Crippen molar-refractivity contribution in [3.8, 4) is 0 Å². The summed E-state index contributed by atoms with van der Waals surface area (Å²) in [4.78, 5) is 0. The molecule has 0 spiro atoms. The number of rotatable bonds is 5. The summed E-state index contributed by atoms with van der Waals surface area (Å²) in [5.41, 5.74) is 0. The third kappa shape index (κ3) is 3.28. The van der Waals surface area contributed by atoms with Crippen molar-refractivity contribution in [3.05, 3.63) is 24.8 Å². The van der Waals surface area contributed by atoms with Crippen molar-refractivity contribution in [2.45, 2.75) is 38.4 Å². The van der Waals surface area contributed by atoms with Crippen molar-refractivity contribution < 1.29 is 9.47 Å². The summed E-state index contributed by atoms with van der Waals surface area (Å²) in [6.45, 7) is 7.47. The molecule has 0 aromatic heterocycles.